The zero-order valence-corrected chi connectivity index (χ0v) is 22.6. The number of nitrogen functional groups attached to an aromatic ring is 1. The monoisotopic (exact) mass is 567 g/mol. The third-order valence-corrected chi connectivity index (χ3v) is 7.32. The maximum absolute atomic E-state index is 15.3. The molecule has 39 heavy (non-hydrogen) atoms. The molecule has 2 aromatic heterocycles. The molecule has 0 amide bonds. The Hall–Kier alpha value is -3.36. The lowest BCUT2D eigenvalue weighted by atomic mass is 10.1. The van der Waals surface area contributed by atoms with Gasteiger partial charge in [-0.05, 0) is 32.9 Å². The number of esters is 1. The van der Waals surface area contributed by atoms with Crippen molar-refractivity contribution in [2.24, 2.45) is 0 Å². The summed E-state index contributed by atoms with van der Waals surface area (Å²) in [4.78, 5) is 24.7. The molecule has 14 nitrogen and oxygen atoms in total. The zero-order valence-electron chi connectivity index (χ0n) is 21.7. The van der Waals surface area contributed by atoms with Gasteiger partial charge in [0.05, 0.1) is 19.0 Å². The van der Waals surface area contributed by atoms with E-state index >= 15 is 4.39 Å². The average Bonchev–Trinajstić information content (AvgIpc) is 3.42. The number of hydrogen-bond donors (Lipinski definition) is 4. The number of nitrogens with zero attached hydrogens (tertiary/aromatic N) is 4. The number of alkyl halides is 1. The number of imidazole rings is 1. The van der Waals surface area contributed by atoms with Crippen LogP contribution in [-0.2, 0) is 23.4 Å². The van der Waals surface area contributed by atoms with Crippen molar-refractivity contribution in [3.05, 3.63) is 36.7 Å². The Bertz CT molecular complexity index is 1350. The van der Waals surface area contributed by atoms with E-state index in [1.165, 1.54) is 17.8 Å². The van der Waals surface area contributed by atoms with Gasteiger partial charge in [-0.25, -0.2) is 13.9 Å². The number of aliphatic hydroxyl groups is 1. The van der Waals surface area contributed by atoms with Crippen LogP contribution in [0, 0.1) is 0 Å². The van der Waals surface area contributed by atoms with Crippen LogP contribution in [0.3, 0.4) is 0 Å². The normalized spacial score (nSPS) is 23.5. The van der Waals surface area contributed by atoms with Gasteiger partial charge in [0, 0.05) is 7.05 Å². The first-order valence-corrected chi connectivity index (χ1v) is 13.7. The number of aliphatic hydroxyl groups excluding tert-OH is 1. The van der Waals surface area contributed by atoms with E-state index in [0.717, 1.165) is 0 Å². The largest absolute Gasteiger partial charge is 0.462 e. The highest BCUT2D eigenvalue weighted by Gasteiger charge is 2.47. The van der Waals surface area contributed by atoms with Crippen LogP contribution >= 0.6 is 7.75 Å². The van der Waals surface area contributed by atoms with E-state index in [1.54, 1.807) is 51.2 Å². The fourth-order valence-corrected chi connectivity index (χ4v) is 5.37. The molecular weight excluding hydrogens is 536 g/mol. The molecule has 3 heterocycles. The molecule has 1 saturated heterocycles. The summed E-state index contributed by atoms with van der Waals surface area (Å²) in [5, 5.41) is 16.0. The summed E-state index contributed by atoms with van der Waals surface area (Å²) >= 11 is 0. The van der Waals surface area contributed by atoms with Crippen molar-refractivity contribution in [1.29, 1.82) is 0 Å². The van der Waals surface area contributed by atoms with E-state index in [-0.39, 0.29) is 17.3 Å². The van der Waals surface area contributed by atoms with Crippen molar-refractivity contribution in [3.63, 3.8) is 0 Å². The van der Waals surface area contributed by atoms with Crippen molar-refractivity contribution >= 4 is 36.6 Å². The van der Waals surface area contributed by atoms with Crippen molar-refractivity contribution in [3.8, 4) is 5.75 Å². The van der Waals surface area contributed by atoms with Crippen LogP contribution in [0.25, 0.3) is 11.2 Å². The maximum atomic E-state index is 15.3. The lowest BCUT2D eigenvalue weighted by molar-refractivity contribution is -0.149. The topological polar surface area (TPSA) is 185 Å². The number of para-hydroxylation sites is 1. The predicted octanol–water partition coefficient (Wildman–Crippen LogP) is 2.18. The van der Waals surface area contributed by atoms with Crippen LogP contribution in [0.4, 0.5) is 16.2 Å². The molecular formula is C23H31FN7O7P. The van der Waals surface area contributed by atoms with Gasteiger partial charge in [-0.1, -0.05) is 18.2 Å². The minimum atomic E-state index is -4.26. The van der Waals surface area contributed by atoms with Gasteiger partial charge in [0.25, 0.3) is 0 Å². The molecule has 6 atom stereocenters. The van der Waals surface area contributed by atoms with E-state index in [2.05, 4.69) is 25.4 Å². The number of aromatic nitrogens is 4. The first-order valence-electron chi connectivity index (χ1n) is 12.1. The predicted molar refractivity (Wildman–Crippen MR) is 139 cm³/mol. The Kier molecular flexibility index (Phi) is 8.67. The van der Waals surface area contributed by atoms with Crippen molar-refractivity contribution in [2.45, 2.75) is 57.5 Å². The van der Waals surface area contributed by atoms with Crippen molar-refractivity contribution in [2.75, 3.05) is 24.7 Å². The lowest BCUT2D eigenvalue weighted by Gasteiger charge is -2.25. The summed E-state index contributed by atoms with van der Waals surface area (Å²) in [5.41, 5.74) is 6.28. The summed E-state index contributed by atoms with van der Waals surface area (Å²) < 4.78 is 52.3. The van der Waals surface area contributed by atoms with E-state index < -0.39 is 57.1 Å². The van der Waals surface area contributed by atoms with E-state index in [1.807, 2.05) is 0 Å². The smallest absolute Gasteiger partial charge is 0.459 e. The number of carbonyl (C=O) groups is 1. The summed E-state index contributed by atoms with van der Waals surface area (Å²) in [6.45, 7) is 4.23. The molecule has 1 fully saturated rings. The third-order valence-electron chi connectivity index (χ3n) is 5.68. The Labute approximate surface area is 223 Å². The maximum Gasteiger partial charge on any atom is 0.459 e. The molecule has 5 N–H and O–H groups in total. The Morgan fingerprint density at radius 3 is 2.67 bits per heavy atom. The number of anilines is 2. The number of nitrogens with two attached hydrogens (primary N) is 1. The Balaban J connectivity index is 1.52. The summed E-state index contributed by atoms with van der Waals surface area (Å²) in [7, 11) is -2.64. The molecule has 1 aliphatic rings. The van der Waals surface area contributed by atoms with Crippen LogP contribution in [0.15, 0.2) is 36.7 Å². The molecule has 0 spiro atoms. The van der Waals surface area contributed by atoms with Crippen LogP contribution in [0.2, 0.25) is 0 Å². The van der Waals surface area contributed by atoms with Crippen LogP contribution in [0.1, 0.15) is 27.0 Å². The molecule has 4 rings (SSSR count). The first kappa shape index (κ1) is 28.6. The molecule has 212 valence electrons. The zero-order chi connectivity index (χ0) is 28.3. The Morgan fingerprint density at radius 1 is 1.28 bits per heavy atom. The standard InChI is InChI=1S/C23H31FN7O7P/c1-12(2)36-22(33)13(3)30-39(34,38-14-8-6-5-7-9-14)35-10-15-18(32)16(24)21(37-15)31-11-27-17-19(26-4)28-23(25)29-20(17)31/h5-9,11-13,15-16,18,21,32H,10H2,1-4H3,(H,30,34)(H3,25,26,28,29)/t13-,15-,16-,18-,21-,39?/m1/s1. The highest BCUT2D eigenvalue weighted by molar-refractivity contribution is 7.52. The number of ether oxygens (including phenoxy) is 2. The van der Waals surface area contributed by atoms with Crippen LogP contribution in [-0.4, -0.2) is 74.8 Å². The molecule has 0 radical (unpaired) electrons. The van der Waals surface area contributed by atoms with Gasteiger partial charge < -0.3 is 30.2 Å². The summed E-state index contributed by atoms with van der Waals surface area (Å²) in [6, 6.07) is 7.05. The molecule has 0 saturated carbocycles. The number of nitrogens with one attached hydrogen (secondary N) is 2. The second-order valence-corrected chi connectivity index (χ2v) is 10.7. The fourth-order valence-electron chi connectivity index (χ4n) is 3.87. The lowest BCUT2D eigenvalue weighted by Crippen LogP contribution is -2.37. The van der Waals surface area contributed by atoms with Gasteiger partial charge in [-0.15, -0.1) is 0 Å². The van der Waals surface area contributed by atoms with Crippen molar-refractivity contribution in [1.82, 2.24) is 24.6 Å². The van der Waals surface area contributed by atoms with Gasteiger partial charge in [-0.3, -0.25) is 13.9 Å². The SMILES string of the molecule is CNc1nc(N)nc2c1ncn2[C@@H]1O[C@H](COP(=O)(N[C@H](C)C(=O)OC(C)C)Oc2ccccc2)[C@@H](O)[C@H]1F. The average molecular weight is 568 g/mol. The van der Waals surface area contributed by atoms with Gasteiger partial charge >= 0.3 is 13.7 Å². The number of halogens is 1. The van der Waals surface area contributed by atoms with Gasteiger partial charge in [0.2, 0.25) is 5.95 Å². The quantitative estimate of drug-likeness (QED) is 0.195. The number of benzene rings is 1. The molecule has 1 unspecified atom stereocenters. The molecule has 16 heteroatoms. The van der Waals surface area contributed by atoms with Crippen LogP contribution < -0.4 is 20.7 Å². The highest BCUT2D eigenvalue weighted by atomic mass is 31.2. The van der Waals surface area contributed by atoms with Gasteiger partial charge in [0.1, 0.15) is 24.0 Å². The minimum Gasteiger partial charge on any atom is -0.462 e. The molecule has 0 bridgehead atoms. The van der Waals surface area contributed by atoms with E-state index in [9.17, 15) is 14.5 Å². The van der Waals surface area contributed by atoms with Crippen LogP contribution in [0.5, 0.6) is 5.75 Å². The Morgan fingerprint density at radius 2 is 2.00 bits per heavy atom. The number of fused-ring (bicyclic) bond motifs is 1. The second kappa shape index (κ2) is 11.8. The third kappa shape index (κ3) is 6.45. The van der Waals surface area contributed by atoms with Crippen molar-refractivity contribution < 1.29 is 37.4 Å². The fraction of sp³-hybridized carbons (Fsp3) is 0.478. The van der Waals surface area contributed by atoms with E-state index in [4.69, 9.17) is 24.3 Å². The summed E-state index contributed by atoms with van der Waals surface area (Å²) in [6.07, 6.45) is -5.31. The second-order valence-electron chi connectivity index (χ2n) is 9.04. The minimum absolute atomic E-state index is 0.0716. The van der Waals surface area contributed by atoms with Gasteiger partial charge in [-0.2, -0.15) is 15.1 Å². The molecule has 0 aliphatic carbocycles. The molecule has 3 aromatic rings. The summed E-state index contributed by atoms with van der Waals surface area (Å²) in [5.74, 6) is -0.229. The number of hydrogen-bond acceptors (Lipinski definition) is 12. The highest BCUT2D eigenvalue weighted by Crippen LogP contribution is 2.46. The first-order chi connectivity index (χ1) is 18.5. The molecule has 1 aromatic carbocycles. The number of carbonyl (C=O) groups excluding carboxylic acids is 1. The van der Waals surface area contributed by atoms with E-state index in [0.29, 0.717) is 11.3 Å². The van der Waals surface area contributed by atoms with Gasteiger partial charge in [0.15, 0.2) is 29.4 Å². The number of rotatable bonds is 11. The molecule has 1 aliphatic heterocycles.